The molecule has 0 saturated heterocycles. The Labute approximate surface area is 134 Å². The lowest BCUT2D eigenvalue weighted by molar-refractivity contribution is 0.220. The summed E-state index contributed by atoms with van der Waals surface area (Å²) in [5.41, 5.74) is 3.03. The van der Waals surface area contributed by atoms with E-state index in [9.17, 15) is 5.11 Å². The molecule has 1 N–H and O–H groups in total. The minimum atomic E-state index is -0.626. The lowest BCUT2D eigenvalue weighted by atomic mass is 9.96. The van der Waals surface area contributed by atoms with Gasteiger partial charge in [-0.25, -0.2) is 0 Å². The molecule has 2 nitrogen and oxygen atoms in total. The second kappa shape index (κ2) is 7.10. The van der Waals surface area contributed by atoms with E-state index in [1.165, 1.54) is 5.56 Å². The summed E-state index contributed by atoms with van der Waals surface area (Å²) in [5, 5.41) is 10.6. The highest BCUT2D eigenvalue weighted by Gasteiger charge is 2.13. The first kappa shape index (κ1) is 16.1. The maximum Gasteiger partial charge on any atom is 0.133 e. The standard InChI is InChI=1S/C18H21BrO2/c1-12(2)9-13-5-4-6-14(10-13)18(20)15-7-8-17(21-3)16(19)11-15/h4-8,10-12,18,20H,9H2,1-3H3. The van der Waals surface area contributed by atoms with Gasteiger partial charge in [-0.1, -0.05) is 44.2 Å². The summed E-state index contributed by atoms with van der Waals surface area (Å²) >= 11 is 3.46. The molecule has 21 heavy (non-hydrogen) atoms. The van der Waals surface area contributed by atoms with Gasteiger partial charge in [0.15, 0.2) is 0 Å². The molecule has 1 unspecified atom stereocenters. The van der Waals surface area contributed by atoms with Gasteiger partial charge < -0.3 is 9.84 Å². The van der Waals surface area contributed by atoms with Gasteiger partial charge in [0, 0.05) is 0 Å². The van der Waals surface area contributed by atoms with Crippen LogP contribution in [0.3, 0.4) is 0 Å². The number of ether oxygens (including phenoxy) is 1. The number of hydrogen-bond acceptors (Lipinski definition) is 2. The summed E-state index contributed by atoms with van der Waals surface area (Å²) in [7, 11) is 1.63. The molecule has 0 fully saturated rings. The smallest absolute Gasteiger partial charge is 0.133 e. The van der Waals surface area contributed by atoms with E-state index < -0.39 is 6.10 Å². The SMILES string of the molecule is COc1ccc(C(O)c2cccc(CC(C)C)c2)cc1Br. The Hall–Kier alpha value is -1.32. The maximum atomic E-state index is 10.6. The van der Waals surface area contributed by atoms with E-state index in [4.69, 9.17) is 4.74 Å². The molecule has 2 aromatic carbocycles. The van der Waals surface area contributed by atoms with Crippen molar-refractivity contribution in [1.29, 1.82) is 0 Å². The van der Waals surface area contributed by atoms with Crippen LogP contribution in [0.15, 0.2) is 46.9 Å². The number of benzene rings is 2. The molecular formula is C18H21BrO2. The van der Waals surface area contributed by atoms with E-state index in [0.29, 0.717) is 5.92 Å². The highest BCUT2D eigenvalue weighted by atomic mass is 79.9. The van der Waals surface area contributed by atoms with Crippen LogP contribution >= 0.6 is 15.9 Å². The normalized spacial score (nSPS) is 12.5. The zero-order valence-electron chi connectivity index (χ0n) is 12.6. The molecule has 112 valence electrons. The molecule has 2 aromatic rings. The summed E-state index contributed by atoms with van der Waals surface area (Å²) in [6.07, 6.45) is 0.395. The number of rotatable bonds is 5. The van der Waals surface area contributed by atoms with Crippen LogP contribution in [0.2, 0.25) is 0 Å². The number of methoxy groups -OCH3 is 1. The third-order valence-electron chi connectivity index (χ3n) is 3.40. The van der Waals surface area contributed by atoms with Crippen molar-refractivity contribution in [3.05, 3.63) is 63.6 Å². The molecule has 3 heteroatoms. The number of halogens is 1. The summed E-state index contributed by atoms with van der Waals surface area (Å²) in [6, 6.07) is 13.8. The molecule has 2 rings (SSSR count). The van der Waals surface area contributed by atoms with Crippen LogP contribution in [-0.2, 0) is 6.42 Å². The zero-order chi connectivity index (χ0) is 15.4. The molecule has 0 saturated carbocycles. The topological polar surface area (TPSA) is 29.5 Å². The monoisotopic (exact) mass is 348 g/mol. The van der Waals surface area contributed by atoms with Gasteiger partial charge in [-0.15, -0.1) is 0 Å². The van der Waals surface area contributed by atoms with Crippen molar-refractivity contribution in [3.8, 4) is 5.75 Å². The summed E-state index contributed by atoms with van der Waals surface area (Å²) in [6.45, 7) is 4.40. The van der Waals surface area contributed by atoms with Crippen molar-refractivity contribution in [2.24, 2.45) is 5.92 Å². The fourth-order valence-electron chi connectivity index (χ4n) is 2.41. The van der Waals surface area contributed by atoms with Gasteiger partial charge in [0.05, 0.1) is 11.6 Å². The molecule has 0 radical (unpaired) electrons. The minimum absolute atomic E-state index is 0.604. The third kappa shape index (κ3) is 4.08. The molecule has 0 aromatic heterocycles. The quantitative estimate of drug-likeness (QED) is 0.845. The Bertz CT molecular complexity index is 608. The third-order valence-corrected chi connectivity index (χ3v) is 4.02. The highest BCUT2D eigenvalue weighted by Crippen LogP contribution is 2.31. The molecule has 0 bridgehead atoms. The number of aliphatic hydroxyl groups excluding tert-OH is 1. The molecule has 1 atom stereocenters. The van der Waals surface area contributed by atoms with Crippen LogP contribution in [0.25, 0.3) is 0 Å². The Kier molecular flexibility index (Phi) is 5.43. The molecule has 0 aliphatic rings. The van der Waals surface area contributed by atoms with Crippen molar-refractivity contribution >= 4 is 15.9 Å². The van der Waals surface area contributed by atoms with Gasteiger partial charge >= 0.3 is 0 Å². The largest absolute Gasteiger partial charge is 0.496 e. The molecule has 0 heterocycles. The van der Waals surface area contributed by atoms with E-state index in [-0.39, 0.29) is 0 Å². The lowest BCUT2D eigenvalue weighted by Gasteiger charge is -2.15. The number of hydrogen-bond donors (Lipinski definition) is 1. The Morgan fingerprint density at radius 3 is 2.43 bits per heavy atom. The summed E-state index contributed by atoms with van der Waals surface area (Å²) < 4.78 is 6.07. The van der Waals surface area contributed by atoms with Crippen LogP contribution < -0.4 is 4.74 Å². The molecule has 0 aliphatic carbocycles. The van der Waals surface area contributed by atoms with Crippen molar-refractivity contribution in [2.75, 3.05) is 7.11 Å². The minimum Gasteiger partial charge on any atom is -0.496 e. The summed E-state index contributed by atoms with van der Waals surface area (Å²) in [4.78, 5) is 0. The second-order valence-electron chi connectivity index (χ2n) is 5.64. The molecule has 0 aliphatic heterocycles. The van der Waals surface area contributed by atoms with Crippen molar-refractivity contribution in [2.45, 2.75) is 26.4 Å². The van der Waals surface area contributed by atoms with Crippen LogP contribution in [0.1, 0.15) is 36.6 Å². The van der Waals surface area contributed by atoms with Crippen LogP contribution in [0.5, 0.6) is 5.75 Å². The number of aliphatic hydroxyl groups is 1. The maximum absolute atomic E-state index is 10.6. The van der Waals surface area contributed by atoms with Crippen molar-refractivity contribution in [3.63, 3.8) is 0 Å². The summed E-state index contributed by atoms with van der Waals surface area (Å²) in [5.74, 6) is 1.37. The first-order valence-electron chi connectivity index (χ1n) is 7.11. The van der Waals surface area contributed by atoms with E-state index in [0.717, 1.165) is 27.8 Å². The molecule has 0 amide bonds. The van der Waals surface area contributed by atoms with Gasteiger partial charge in [-0.05, 0) is 57.1 Å². The van der Waals surface area contributed by atoms with Gasteiger partial charge in [0.25, 0.3) is 0 Å². The Balaban J connectivity index is 2.27. The van der Waals surface area contributed by atoms with Crippen LogP contribution in [-0.4, -0.2) is 12.2 Å². The van der Waals surface area contributed by atoms with Gasteiger partial charge in [-0.3, -0.25) is 0 Å². The fraction of sp³-hybridized carbons (Fsp3) is 0.333. The Morgan fingerprint density at radius 2 is 1.81 bits per heavy atom. The lowest BCUT2D eigenvalue weighted by Crippen LogP contribution is -2.02. The zero-order valence-corrected chi connectivity index (χ0v) is 14.2. The van der Waals surface area contributed by atoms with Crippen LogP contribution in [0.4, 0.5) is 0 Å². The van der Waals surface area contributed by atoms with E-state index in [1.807, 2.05) is 30.3 Å². The van der Waals surface area contributed by atoms with Gasteiger partial charge in [-0.2, -0.15) is 0 Å². The average Bonchev–Trinajstić information content (AvgIpc) is 2.46. The first-order chi connectivity index (χ1) is 10.0. The van der Waals surface area contributed by atoms with Gasteiger partial charge in [0.2, 0.25) is 0 Å². The fourth-order valence-corrected chi connectivity index (χ4v) is 2.97. The van der Waals surface area contributed by atoms with Crippen molar-refractivity contribution < 1.29 is 9.84 Å². The molecular weight excluding hydrogens is 328 g/mol. The van der Waals surface area contributed by atoms with Crippen LogP contribution in [0, 0.1) is 5.92 Å². The highest BCUT2D eigenvalue weighted by molar-refractivity contribution is 9.10. The predicted molar refractivity (Wildman–Crippen MR) is 89.7 cm³/mol. The van der Waals surface area contributed by atoms with E-state index in [2.05, 4.69) is 41.9 Å². The molecule has 0 spiro atoms. The average molecular weight is 349 g/mol. The predicted octanol–water partition coefficient (Wildman–Crippen LogP) is 4.74. The van der Waals surface area contributed by atoms with E-state index in [1.54, 1.807) is 7.11 Å². The Morgan fingerprint density at radius 1 is 1.10 bits per heavy atom. The van der Waals surface area contributed by atoms with E-state index >= 15 is 0 Å². The second-order valence-corrected chi connectivity index (χ2v) is 6.49. The van der Waals surface area contributed by atoms with Crippen molar-refractivity contribution in [1.82, 2.24) is 0 Å². The van der Waals surface area contributed by atoms with Gasteiger partial charge in [0.1, 0.15) is 11.9 Å². The first-order valence-corrected chi connectivity index (χ1v) is 7.91.